The Morgan fingerprint density at radius 1 is 1.14 bits per heavy atom. The van der Waals surface area contributed by atoms with Gasteiger partial charge in [-0.2, -0.15) is 0 Å². The SMILES string of the molecule is Cc1cc([N+](=O)[O-])ccc1N1C(=O)c2cccc(Cl)c2C1=O. The van der Waals surface area contributed by atoms with Gasteiger partial charge in [-0.15, -0.1) is 0 Å². The highest BCUT2D eigenvalue weighted by Crippen LogP contribution is 2.35. The van der Waals surface area contributed by atoms with Crippen molar-refractivity contribution in [1.82, 2.24) is 0 Å². The van der Waals surface area contributed by atoms with E-state index >= 15 is 0 Å². The van der Waals surface area contributed by atoms with E-state index in [0.29, 0.717) is 11.3 Å². The number of nitro groups is 1. The molecule has 0 radical (unpaired) electrons. The maximum Gasteiger partial charge on any atom is 0.269 e. The van der Waals surface area contributed by atoms with E-state index in [2.05, 4.69) is 0 Å². The molecular weight excluding hydrogens is 308 g/mol. The van der Waals surface area contributed by atoms with Crippen LogP contribution in [0.25, 0.3) is 0 Å². The molecule has 1 aliphatic heterocycles. The second-order valence-electron chi connectivity index (χ2n) is 4.84. The number of anilines is 1. The summed E-state index contributed by atoms with van der Waals surface area (Å²) in [5.41, 5.74) is 1.06. The number of nitro benzene ring substituents is 1. The van der Waals surface area contributed by atoms with Gasteiger partial charge in [0.2, 0.25) is 0 Å². The summed E-state index contributed by atoms with van der Waals surface area (Å²) in [6.07, 6.45) is 0. The molecule has 0 spiro atoms. The van der Waals surface area contributed by atoms with Crippen LogP contribution in [0.3, 0.4) is 0 Å². The highest BCUT2D eigenvalue weighted by Gasteiger charge is 2.38. The number of nitrogens with zero attached hydrogens (tertiary/aromatic N) is 2. The fraction of sp³-hybridized carbons (Fsp3) is 0.0667. The summed E-state index contributed by atoms with van der Waals surface area (Å²) in [4.78, 5) is 36.2. The second kappa shape index (κ2) is 4.92. The standard InChI is InChI=1S/C15H9ClN2O4/c1-8-7-9(18(21)22)5-6-12(8)17-14(19)10-3-2-4-11(16)13(10)15(17)20/h2-7H,1H3. The Balaban J connectivity index is 2.12. The molecule has 2 aromatic carbocycles. The van der Waals surface area contributed by atoms with Crippen LogP contribution in [0.1, 0.15) is 26.3 Å². The molecular formula is C15H9ClN2O4. The summed E-state index contributed by atoms with van der Waals surface area (Å²) in [5.74, 6) is -1.01. The van der Waals surface area contributed by atoms with Crippen molar-refractivity contribution in [3.05, 3.63) is 68.2 Å². The number of imide groups is 1. The molecule has 1 aliphatic rings. The van der Waals surface area contributed by atoms with Crippen LogP contribution < -0.4 is 4.90 Å². The minimum Gasteiger partial charge on any atom is -0.268 e. The zero-order valence-corrected chi connectivity index (χ0v) is 12.1. The Kier molecular flexibility index (Phi) is 3.18. The fourth-order valence-corrected chi connectivity index (χ4v) is 2.72. The number of benzene rings is 2. The average molecular weight is 317 g/mol. The van der Waals surface area contributed by atoms with E-state index in [0.717, 1.165) is 4.90 Å². The van der Waals surface area contributed by atoms with E-state index in [4.69, 9.17) is 11.6 Å². The van der Waals surface area contributed by atoms with Crippen molar-refractivity contribution in [2.75, 3.05) is 4.90 Å². The summed E-state index contributed by atoms with van der Waals surface area (Å²) in [6, 6.07) is 8.63. The molecule has 0 fully saturated rings. The van der Waals surface area contributed by atoms with Crippen LogP contribution in [-0.2, 0) is 0 Å². The monoisotopic (exact) mass is 316 g/mol. The smallest absolute Gasteiger partial charge is 0.268 e. The van der Waals surface area contributed by atoms with Crippen LogP contribution in [0, 0.1) is 17.0 Å². The quantitative estimate of drug-likeness (QED) is 0.483. The third-order valence-corrected chi connectivity index (χ3v) is 3.81. The molecule has 0 aliphatic carbocycles. The molecule has 110 valence electrons. The van der Waals surface area contributed by atoms with E-state index in [-0.39, 0.29) is 21.8 Å². The molecule has 0 bridgehead atoms. The summed E-state index contributed by atoms with van der Waals surface area (Å²) in [7, 11) is 0. The predicted molar refractivity (Wildman–Crippen MR) is 80.4 cm³/mol. The van der Waals surface area contributed by atoms with E-state index in [1.807, 2.05) is 0 Å². The zero-order chi connectivity index (χ0) is 16.0. The lowest BCUT2D eigenvalue weighted by atomic mass is 10.1. The summed E-state index contributed by atoms with van der Waals surface area (Å²) in [5, 5.41) is 11.0. The largest absolute Gasteiger partial charge is 0.269 e. The molecule has 2 amide bonds. The van der Waals surface area contributed by atoms with E-state index in [1.165, 1.54) is 30.3 Å². The highest BCUT2D eigenvalue weighted by molar-refractivity contribution is 6.42. The molecule has 0 unspecified atom stereocenters. The van der Waals surface area contributed by atoms with Gasteiger partial charge in [0.1, 0.15) is 0 Å². The number of halogens is 1. The van der Waals surface area contributed by atoms with E-state index in [9.17, 15) is 19.7 Å². The first-order valence-corrected chi connectivity index (χ1v) is 6.72. The Bertz CT molecular complexity index is 847. The lowest BCUT2D eigenvalue weighted by molar-refractivity contribution is -0.384. The molecule has 0 saturated carbocycles. The first kappa shape index (κ1) is 14.2. The maximum absolute atomic E-state index is 12.5. The number of amides is 2. The molecule has 0 saturated heterocycles. The van der Waals surface area contributed by atoms with Crippen LogP contribution in [0.15, 0.2) is 36.4 Å². The summed E-state index contributed by atoms with van der Waals surface area (Å²) < 4.78 is 0. The van der Waals surface area contributed by atoms with Crippen molar-refractivity contribution >= 4 is 34.8 Å². The first-order valence-electron chi connectivity index (χ1n) is 6.34. The van der Waals surface area contributed by atoms with Crippen molar-refractivity contribution in [3.8, 4) is 0 Å². The van der Waals surface area contributed by atoms with Crippen LogP contribution in [-0.4, -0.2) is 16.7 Å². The maximum atomic E-state index is 12.5. The van der Waals surface area contributed by atoms with Crippen molar-refractivity contribution in [1.29, 1.82) is 0 Å². The summed E-state index contributed by atoms with van der Waals surface area (Å²) >= 11 is 6.00. The molecule has 6 nitrogen and oxygen atoms in total. The van der Waals surface area contributed by atoms with Gasteiger partial charge in [-0.1, -0.05) is 17.7 Å². The molecule has 1 heterocycles. The molecule has 2 aromatic rings. The average Bonchev–Trinajstić information content (AvgIpc) is 2.72. The lowest BCUT2D eigenvalue weighted by Gasteiger charge is -2.16. The highest BCUT2D eigenvalue weighted by atomic mass is 35.5. The number of aryl methyl sites for hydroxylation is 1. The molecule has 3 rings (SSSR count). The third-order valence-electron chi connectivity index (χ3n) is 3.50. The number of hydrogen-bond acceptors (Lipinski definition) is 4. The minimum absolute atomic E-state index is 0.101. The zero-order valence-electron chi connectivity index (χ0n) is 11.4. The van der Waals surface area contributed by atoms with Crippen LogP contribution in [0.4, 0.5) is 11.4 Å². The molecule has 0 N–H and O–H groups in total. The normalized spacial score (nSPS) is 13.5. The number of rotatable bonds is 2. The molecule has 22 heavy (non-hydrogen) atoms. The van der Waals surface area contributed by atoms with Gasteiger partial charge in [-0.05, 0) is 30.7 Å². The predicted octanol–water partition coefficient (Wildman–Crippen LogP) is 3.36. The minimum atomic E-state index is -0.532. The Morgan fingerprint density at radius 3 is 2.45 bits per heavy atom. The second-order valence-corrected chi connectivity index (χ2v) is 5.24. The first-order chi connectivity index (χ1) is 10.4. The Labute approximate surface area is 130 Å². The van der Waals surface area contributed by atoms with Gasteiger partial charge in [0.25, 0.3) is 17.5 Å². The number of fused-ring (bicyclic) bond motifs is 1. The number of carbonyl (C=O) groups excluding carboxylic acids is 2. The Morgan fingerprint density at radius 2 is 1.86 bits per heavy atom. The van der Waals surface area contributed by atoms with Gasteiger partial charge < -0.3 is 0 Å². The lowest BCUT2D eigenvalue weighted by Crippen LogP contribution is -2.30. The van der Waals surface area contributed by atoms with E-state index < -0.39 is 16.7 Å². The topological polar surface area (TPSA) is 80.5 Å². The fourth-order valence-electron chi connectivity index (χ4n) is 2.47. The van der Waals surface area contributed by atoms with Gasteiger partial charge in [-0.3, -0.25) is 19.7 Å². The summed E-state index contributed by atoms with van der Waals surface area (Å²) in [6.45, 7) is 1.60. The molecule has 0 atom stereocenters. The van der Waals surface area contributed by atoms with Gasteiger partial charge in [-0.25, -0.2) is 4.90 Å². The molecule has 0 aromatic heterocycles. The van der Waals surface area contributed by atoms with Crippen molar-refractivity contribution in [3.63, 3.8) is 0 Å². The number of non-ortho nitro benzene ring substituents is 1. The van der Waals surface area contributed by atoms with Gasteiger partial charge in [0.05, 0.1) is 26.8 Å². The van der Waals surface area contributed by atoms with Crippen LogP contribution in [0.2, 0.25) is 5.02 Å². The number of carbonyl (C=O) groups is 2. The van der Waals surface area contributed by atoms with Gasteiger partial charge in [0.15, 0.2) is 0 Å². The van der Waals surface area contributed by atoms with Gasteiger partial charge >= 0.3 is 0 Å². The van der Waals surface area contributed by atoms with Crippen LogP contribution >= 0.6 is 11.6 Å². The van der Waals surface area contributed by atoms with Crippen molar-refractivity contribution < 1.29 is 14.5 Å². The van der Waals surface area contributed by atoms with Crippen molar-refractivity contribution in [2.45, 2.75) is 6.92 Å². The van der Waals surface area contributed by atoms with E-state index in [1.54, 1.807) is 13.0 Å². The third kappa shape index (κ3) is 1.96. The van der Waals surface area contributed by atoms with Crippen LogP contribution in [0.5, 0.6) is 0 Å². The molecule has 7 heteroatoms. The Hall–Kier alpha value is -2.73. The number of hydrogen-bond donors (Lipinski definition) is 0. The van der Waals surface area contributed by atoms with Gasteiger partial charge in [0, 0.05) is 12.1 Å². The van der Waals surface area contributed by atoms with Crippen molar-refractivity contribution in [2.24, 2.45) is 0 Å².